The normalized spacial score (nSPS) is 29.6. The average Bonchev–Trinajstić information content (AvgIpc) is 2.97. The SMILES string of the molecule is Clc1cc(Br)cc(Cl)c1NC1CCCCC1C1CCCN1. The van der Waals surface area contributed by atoms with E-state index in [2.05, 4.69) is 26.6 Å². The Morgan fingerprint density at radius 1 is 1.05 bits per heavy atom. The molecule has 3 rings (SSSR count). The van der Waals surface area contributed by atoms with E-state index in [0.29, 0.717) is 28.0 Å². The van der Waals surface area contributed by atoms with Gasteiger partial charge in [0.2, 0.25) is 0 Å². The van der Waals surface area contributed by atoms with Crippen molar-refractivity contribution in [2.45, 2.75) is 50.6 Å². The van der Waals surface area contributed by atoms with Crippen LogP contribution in [0.3, 0.4) is 0 Å². The Morgan fingerprint density at radius 3 is 2.43 bits per heavy atom. The smallest absolute Gasteiger partial charge is 0.0722 e. The van der Waals surface area contributed by atoms with Crippen LogP contribution in [0.4, 0.5) is 5.69 Å². The molecule has 2 fully saturated rings. The number of halogens is 3. The third-order valence-corrected chi connectivity index (χ3v) is 5.83. The van der Waals surface area contributed by atoms with Gasteiger partial charge in [0.05, 0.1) is 15.7 Å². The van der Waals surface area contributed by atoms with E-state index >= 15 is 0 Å². The third kappa shape index (κ3) is 3.69. The molecule has 0 bridgehead atoms. The summed E-state index contributed by atoms with van der Waals surface area (Å²) < 4.78 is 0.917. The van der Waals surface area contributed by atoms with Gasteiger partial charge in [-0.25, -0.2) is 0 Å². The number of anilines is 1. The van der Waals surface area contributed by atoms with Crippen molar-refractivity contribution in [2.24, 2.45) is 5.92 Å². The van der Waals surface area contributed by atoms with E-state index in [4.69, 9.17) is 23.2 Å². The van der Waals surface area contributed by atoms with Gasteiger partial charge >= 0.3 is 0 Å². The van der Waals surface area contributed by atoms with Crippen LogP contribution in [0.15, 0.2) is 16.6 Å². The molecular weight excluding hydrogens is 371 g/mol. The fourth-order valence-electron chi connectivity index (χ4n) is 3.76. The Morgan fingerprint density at radius 2 is 1.76 bits per heavy atom. The summed E-state index contributed by atoms with van der Waals surface area (Å²) in [7, 11) is 0. The number of benzene rings is 1. The Labute approximate surface area is 145 Å². The third-order valence-electron chi connectivity index (χ3n) is 4.77. The van der Waals surface area contributed by atoms with Crippen molar-refractivity contribution in [2.75, 3.05) is 11.9 Å². The first-order valence-corrected chi connectivity index (χ1v) is 9.34. The summed E-state index contributed by atoms with van der Waals surface area (Å²) in [5, 5.41) is 8.70. The summed E-state index contributed by atoms with van der Waals surface area (Å²) in [6.45, 7) is 1.16. The fourth-order valence-corrected chi connectivity index (χ4v) is 5.08. The van der Waals surface area contributed by atoms with Crippen LogP contribution in [0.25, 0.3) is 0 Å². The van der Waals surface area contributed by atoms with Crippen LogP contribution < -0.4 is 10.6 Å². The van der Waals surface area contributed by atoms with Gasteiger partial charge in [-0.15, -0.1) is 0 Å². The monoisotopic (exact) mass is 390 g/mol. The number of hydrogen-bond acceptors (Lipinski definition) is 2. The van der Waals surface area contributed by atoms with E-state index in [-0.39, 0.29) is 0 Å². The second kappa shape index (κ2) is 7.08. The Bertz CT molecular complexity index is 480. The molecule has 0 spiro atoms. The molecule has 1 heterocycles. The van der Waals surface area contributed by atoms with Gasteiger partial charge in [0, 0.05) is 16.6 Å². The van der Waals surface area contributed by atoms with Crippen LogP contribution in [-0.2, 0) is 0 Å². The summed E-state index contributed by atoms with van der Waals surface area (Å²) in [5.41, 5.74) is 0.886. The van der Waals surface area contributed by atoms with Crippen LogP contribution in [0.2, 0.25) is 10.0 Å². The highest BCUT2D eigenvalue weighted by Crippen LogP contribution is 2.38. The first-order valence-electron chi connectivity index (χ1n) is 7.79. The van der Waals surface area contributed by atoms with Crippen molar-refractivity contribution in [3.8, 4) is 0 Å². The fraction of sp³-hybridized carbons (Fsp3) is 0.625. The Hall–Kier alpha value is 0.0400. The molecule has 1 saturated heterocycles. The molecule has 0 radical (unpaired) electrons. The minimum Gasteiger partial charge on any atom is -0.380 e. The van der Waals surface area contributed by atoms with Crippen molar-refractivity contribution in [1.29, 1.82) is 0 Å². The molecule has 0 amide bonds. The highest BCUT2D eigenvalue weighted by molar-refractivity contribution is 9.10. The molecule has 1 aliphatic carbocycles. The van der Waals surface area contributed by atoms with E-state index in [9.17, 15) is 0 Å². The van der Waals surface area contributed by atoms with Gasteiger partial charge in [0.15, 0.2) is 0 Å². The first kappa shape index (κ1) is 15.9. The summed E-state index contributed by atoms with van der Waals surface area (Å²) in [4.78, 5) is 0. The quantitative estimate of drug-likeness (QED) is 0.712. The minimum atomic E-state index is 0.463. The standard InChI is InChI=1S/C16H21BrCl2N2/c17-10-8-12(18)16(13(19)9-10)21-15-5-2-1-4-11(15)14-6-3-7-20-14/h8-9,11,14-15,20-21H,1-7H2. The van der Waals surface area contributed by atoms with E-state index in [1.807, 2.05) is 12.1 Å². The predicted octanol–water partition coefficient (Wildman–Crippen LogP) is 5.48. The summed E-state index contributed by atoms with van der Waals surface area (Å²) in [6.07, 6.45) is 7.71. The van der Waals surface area contributed by atoms with Gasteiger partial charge < -0.3 is 10.6 Å². The van der Waals surface area contributed by atoms with Crippen molar-refractivity contribution in [3.63, 3.8) is 0 Å². The molecule has 2 N–H and O–H groups in total. The van der Waals surface area contributed by atoms with Crippen molar-refractivity contribution in [3.05, 3.63) is 26.7 Å². The average molecular weight is 392 g/mol. The Kier molecular flexibility index (Phi) is 5.36. The summed E-state index contributed by atoms with van der Waals surface area (Å²) in [5.74, 6) is 0.678. The molecule has 1 aliphatic heterocycles. The summed E-state index contributed by atoms with van der Waals surface area (Å²) >= 11 is 16.2. The lowest BCUT2D eigenvalue weighted by Crippen LogP contribution is -2.43. The van der Waals surface area contributed by atoms with Crippen LogP contribution in [-0.4, -0.2) is 18.6 Å². The maximum absolute atomic E-state index is 6.37. The number of nitrogens with one attached hydrogen (secondary N) is 2. The molecule has 21 heavy (non-hydrogen) atoms. The number of rotatable bonds is 3. The van der Waals surface area contributed by atoms with E-state index < -0.39 is 0 Å². The van der Waals surface area contributed by atoms with Crippen molar-refractivity contribution < 1.29 is 0 Å². The maximum atomic E-state index is 6.37. The van der Waals surface area contributed by atoms with E-state index in [1.54, 1.807) is 0 Å². The molecular formula is C16H21BrCl2N2. The van der Waals surface area contributed by atoms with Gasteiger partial charge in [-0.05, 0) is 50.3 Å². The molecule has 3 atom stereocenters. The molecule has 3 unspecified atom stereocenters. The van der Waals surface area contributed by atoms with Gasteiger partial charge in [0.1, 0.15) is 0 Å². The Balaban J connectivity index is 1.78. The highest BCUT2D eigenvalue weighted by Gasteiger charge is 2.33. The van der Waals surface area contributed by atoms with Gasteiger partial charge in [-0.1, -0.05) is 52.0 Å². The second-order valence-electron chi connectivity index (χ2n) is 6.15. The van der Waals surface area contributed by atoms with E-state index in [1.165, 1.54) is 38.5 Å². The van der Waals surface area contributed by atoms with Gasteiger partial charge in [-0.3, -0.25) is 0 Å². The molecule has 2 nitrogen and oxygen atoms in total. The molecule has 0 aromatic heterocycles. The van der Waals surface area contributed by atoms with Crippen LogP contribution in [0, 0.1) is 5.92 Å². The topological polar surface area (TPSA) is 24.1 Å². The lowest BCUT2D eigenvalue weighted by atomic mass is 9.79. The maximum Gasteiger partial charge on any atom is 0.0722 e. The first-order chi connectivity index (χ1) is 10.1. The molecule has 1 saturated carbocycles. The van der Waals surface area contributed by atoms with Gasteiger partial charge in [0.25, 0.3) is 0 Å². The number of hydrogen-bond donors (Lipinski definition) is 2. The zero-order chi connectivity index (χ0) is 14.8. The van der Waals surface area contributed by atoms with Crippen molar-refractivity contribution >= 4 is 44.8 Å². The van der Waals surface area contributed by atoms with Gasteiger partial charge in [-0.2, -0.15) is 0 Å². The van der Waals surface area contributed by atoms with Crippen LogP contribution in [0.5, 0.6) is 0 Å². The summed E-state index contributed by atoms with van der Waals surface area (Å²) in [6, 6.07) is 4.92. The second-order valence-corrected chi connectivity index (χ2v) is 7.88. The van der Waals surface area contributed by atoms with Crippen LogP contribution in [0.1, 0.15) is 38.5 Å². The lowest BCUT2D eigenvalue weighted by molar-refractivity contribution is 0.263. The zero-order valence-corrected chi connectivity index (χ0v) is 15.1. The largest absolute Gasteiger partial charge is 0.380 e. The molecule has 5 heteroatoms. The minimum absolute atomic E-state index is 0.463. The predicted molar refractivity (Wildman–Crippen MR) is 94.6 cm³/mol. The van der Waals surface area contributed by atoms with Crippen molar-refractivity contribution in [1.82, 2.24) is 5.32 Å². The van der Waals surface area contributed by atoms with Crippen LogP contribution >= 0.6 is 39.1 Å². The molecule has 116 valence electrons. The molecule has 2 aliphatic rings. The highest BCUT2D eigenvalue weighted by atomic mass is 79.9. The van der Waals surface area contributed by atoms with E-state index in [0.717, 1.165) is 16.7 Å². The zero-order valence-electron chi connectivity index (χ0n) is 12.0. The lowest BCUT2D eigenvalue weighted by Gasteiger charge is -2.37. The molecule has 1 aromatic rings. The molecule has 1 aromatic carbocycles.